The van der Waals surface area contributed by atoms with Crippen molar-refractivity contribution in [3.8, 4) is 0 Å². The van der Waals surface area contributed by atoms with Crippen LogP contribution in [0, 0.1) is 17.0 Å². The third-order valence-corrected chi connectivity index (χ3v) is 3.15. The van der Waals surface area contributed by atoms with Gasteiger partial charge in [-0.25, -0.2) is 0 Å². The van der Waals surface area contributed by atoms with Gasteiger partial charge in [0.25, 0.3) is 5.69 Å². The summed E-state index contributed by atoms with van der Waals surface area (Å²) in [6.07, 6.45) is -0.00240. The minimum Gasteiger partial charge on any atom is -0.373 e. The Labute approximate surface area is 105 Å². The first-order chi connectivity index (χ1) is 8.61. The second-order valence-corrected chi connectivity index (χ2v) is 4.40. The highest BCUT2D eigenvalue weighted by Gasteiger charge is 2.22. The molecule has 1 heterocycles. The van der Waals surface area contributed by atoms with E-state index in [0.29, 0.717) is 19.7 Å². The van der Waals surface area contributed by atoms with Crippen LogP contribution < -0.4 is 10.6 Å². The molecule has 0 amide bonds. The van der Waals surface area contributed by atoms with E-state index < -0.39 is 0 Å². The lowest BCUT2D eigenvalue weighted by Gasteiger charge is -2.34. The van der Waals surface area contributed by atoms with Crippen LogP contribution in [0.4, 0.5) is 11.4 Å². The van der Waals surface area contributed by atoms with Gasteiger partial charge in [-0.15, -0.1) is 0 Å². The number of hydrogen-bond acceptors (Lipinski definition) is 5. The van der Waals surface area contributed by atoms with Gasteiger partial charge in [-0.1, -0.05) is 6.07 Å². The van der Waals surface area contributed by atoms with Crippen LogP contribution in [0.5, 0.6) is 0 Å². The lowest BCUT2D eigenvalue weighted by Crippen LogP contribution is -2.45. The SMILES string of the molecule is Cc1ccc([N+](=O)[O-])cc1N1CCOC(CN)C1. The number of rotatable bonds is 3. The molecule has 1 saturated heterocycles. The number of anilines is 1. The Morgan fingerprint density at radius 1 is 1.61 bits per heavy atom. The summed E-state index contributed by atoms with van der Waals surface area (Å²) in [6.45, 7) is 4.43. The number of aryl methyl sites for hydroxylation is 1. The van der Waals surface area contributed by atoms with Gasteiger partial charge < -0.3 is 15.4 Å². The Morgan fingerprint density at radius 3 is 3.06 bits per heavy atom. The zero-order valence-electron chi connectivity index (χ0n) is 10.3. The molecule has 0 spiro atoms. The summed E-state index contributed by atoms with van der Waals surface area (Å²) in [5, 5.41) is 10.8. The maximum Gasteiger partial charge on any atom is 0.271 e. The van der Waals surface area contributed by atoms with Crippen LogP contribution in [0.25, 0.3) is 0 Å². The van der Waals surface area contributed by atoms with Crippen LogP contribution in [0.3, 0.4) is 0 Å². The number of nitrogens with two attached hydrogens (primary N) is 1. The van der Waals surface area contributed by atoms with Gasteiger partial charge >= 0.3 is 0 Å². The van der Waals surface area contributed by atoms with Crippen molar-refractivity contribution in [3.05, 3.63) is 33.9 Å². The molecule has 18 heavy (non-hydrogen) atoms. The second-order valence-electron chi connectivity index (χ2n) is 4.40. The number of nitrogens with zero attached hydrogens (tertiary/aromatic N) is 2. The van der Waals surface area contributed by atoms with E-state index in [4.69, 9.17) is 10.5 Å². The normalized spacial score (nSPS) is 19.9. The van der Waals surface area contributed by atoms with E-state index in [2.05, 4.69) is 4.90 Å². The molecular formula is C12H17N3O3. The van der Waals surface area contributed by atoms with Gasteiger partial charge in [-0.05, 0) is 12.5 Å². The fourth-order valence-corrected chi connectivity index (χ4v) is 2.13. The highest BCUT2D eigenvalue weighted by molar-refractivity contribution is 5.59. The van der Waals surface area contributed by atoms with Crippen molar-refractivity contribution >= 4 is 11.4 Å². The van der Waals surface area contributed by atoms with Gasteiger partial charge in [-0.2, -0.15) is 0 Å². The first kappa shape index (κ1) is 12.8. The van der Waals surface area contributed by atoms with Crippen LogP contribution in [0.2, 0.25) is 0 Å². The molecule has 1 aliphatic heterocycles. The summed E-state index contributed by atoms with van der Waals surface area (Å²) in [4.78, 5) is 12.5. The lowest BCUT2D eigenvalue weighted by molar-refractivity contribution is -0.384. The Morgan fingerprint density at radius 2 is 2.39 bits per heavy atom. The summed E-state index contributed by atoms with van der Waals surface area (Å²) in [6, 6.07) is 4.92. The first-order valence-electron chi connectivity index (χ1n) is 5.93. The van der Waals surface area contributed by atoms with Gasteiger partial charge in [0.1, 0.15) is 0 Å². The highest BCUT2D eigenvalue weighted by atomic mass is 16.6. The Hall–Kier alpha value is -1.66. The van der Waals surface area contributed by atoms with Gasteiger partial charge in [0.05, 0.1) is 17.6 Å². The third kappa shape index (κ3) is 2.60. The zero-order chi connectivity index (χ0) is 13.1. The topological polar surface area (TPSA) is 81.6 Å². The third-order valence-electron chi connectivity index (χ3n) is 3.15. The molecule has 0 aromatic heterocycles. The van der Waals surface area contributed by atoms with Crippen molar-refractivity contribution in [2.45, 2.75) is 13.0 Å². The number of non-ortho nitro benzene ring substituents is 1. The monoisotopic (exact) mass is 251 g/mol. The number of ether oxygens (including phenoxy) is 1. The van der Waals surface area contributed by atoms with Crippen molar-refractivity contribution in [1.82, 2.24) is 0 Å². The molecule has 6 heteroatoms. The van der Waals surface area contributed by atoms with E-state index in [1.807, 2.05) is 6.92 Å². The summed E-state index contributed by atoms with van der Waals surface area (Å²) >= 11 is 0. The molecule has 0 aliphatic carbocycles. The number of nitro benzene ring substituents is 1. The smallest absolute Gasteiger partial charge is 0.271 e. The molecule has 0 saturated carbocycles. The van der Waals surface area contributed by atoms with E-state index in [0.717, 1.165) is 17.8 Å². The molecule has 0 bridgehead atoms. The second kappa shape index (κ2) is 5.32. The van der Waals surface area contributed by atoms with E-state index in [-0.39, 0.29) is 16.7 Å². The maximum absolute atomic E-state index is 10.8. The van der Waals surface area contributed by atoms with E-state index in [9.17, 15) is 10.1 Å². The molecule has 1 aromatic carbocycles. The van der Waals surface area contributed by atoms with Gasteiger partial charge in [-0.3, -0.25) is 10.1 Å². The standard InChI is InChI=1S/C12H17N3O3/c1-9-2-3-10(15(16)17)6-12(9)14-4-5-18-11(7-13)8-14/h2-3,6,11H,4-5,7-8,13H2,1H3. The summed E-state index contributed by atoms with van der Waals surface area (Å²) in [5.74, 6) is 0. The van der Waals surface area contributed by atoms with Gasteiger partial charge in [0.15, 0.2) is 0 Å². The predicted octanol–water partition coefficient (Wildman–Crippen LogP) is 1.07. The number of morpholine rings is 1. The lowest BCUT2D eigenvalue weighted by atomic mass is 10.1. The fraction of sp³-hybridized carbons (Fsp3) is 0.500. The first-order valence-corrected chi connectivity index (χ1v) is 5.93. The van der Waals surface area contributed by atoms with Crippen LogP contribution in [-0.2, 0) is 4.74 Å². The molecule has 0 radical (unpaired) electrons. The largest absolute Gasteiger partial charge is 0.373 e. The van der Waals surface area contributed by atoms with Crippen LogP contribution in [0.1, 0.15) is 5.56 Å². The minimum atomic E-state index is -0.371. The molecule has 6 nitrogen and oxygen atoms in total. The van der Waals surface area contributed by atoms with E-state index in [1.165, 1.54) is 6.07 Å². The average molecular weight is 251 g/mol. The quantitative estimate of drug-likeness (QED) is 0.642. The average Bonchev–Trinajstić information content (AvgIpc) is 2.39. The number of hydrogen-bond donors (Lipinski definition) is 1. The molecule has 1 atom stereocenters. The summed E-state index contributed by atoms with van der Waals surface area (Å²) < 4.78 is 5.50. The molecule has 1 fully saturated rings. The van der Waals surface area contributed by atoms with Crippen molar-refractivity contribution in [2.24, 2.45) is 5.73 Å². The molecule has 2 N–H and O–H groups in total. The Kier molecular flexibility index (Phi) is 3.78. The van der Waals surface area contributed by atoms with E-state index in [1.54, 1.807) is 12.1 Å². The number of benzene rings is 1. The highest BCUT2D eigenvalue weighted by Crippen LogP contribution is 2.26. The maximum atomic E-state index is 10.8. The van der Waals surface area contributed by atoms with Gasteiger partial charge in [0, 0.05) is 37.5 Å². The zero-order valence-corrected chi connectivity index (χ0v) is 10.3. The van der Waals surface area contributed by atoms with Crippen molar-refractivity contribution in [2.75, 3.05) is 31.1 Å². The summed E-state index contributed by atoms with van der Waals surface area (Å²) in [5.41, 5.74) is 7.64. The summed E-state index contributed by atoms with van der Waals surface area (Å²) in [7, 11) is 0. The van der Waals surface area contributed by atoms with Crippen molar-refractivity contribution in [3.63, 3.8) is 0 Å². The molecule has 1 aliphatic rings. The van der Waals surface area contributed by atoms with Gasteiger partial charge in [0.2, 0.25) is 0 Å². The Bertz CT molecular complexity index is 450. The fourth-order valence-electron chi connectivity index (χ4n) is 2.13. The molecule has 2 rings (SSSR count). The van der Waals surface area contributed by atoms with Crippen LogP contribution in [0.15, 0.2) is 18.2 Å². The molecule has 1 aromatic rings. The van der Waals surface area contributed by atoms with E-state index >= 15 is 0 Å². The molecule has 98 valence electrons. The molecular weight excluding hydrogens is 234 g/mol. The number of nitro groups is 1. The van der Waals surface area contributed by atoms with Crippen LogP contribution in [-0.4, -0.2) is 37.3 Å². The van der Waals surface area contributed by atoms with Crippen molar-refractivity contribution in [1.29, 1.82) is 0 Å². The van der Waals surface area contributed by atoms with Crippen molar-refractivity contribution < 1.29 is 9.66 Å². The van der Waals surface area contributed by atoms with Crippen LogP contribution >= 0.6 is 0 Å². The Balaban J connectivity index is 2.26. The minimum absolute atomic E-state index is 0.00240. The predicted molar refractivity (Wildman–Crippen MR) is 68.8 cm³/mol. The molecule has 1 unspecified atom stereocenters.